The predicted octanol–water partition coefficient (Wildman–Crippen LogP) is 1.78. The molecule has 0 atom stereocenters. The minimum absolute atomic E-state index is 0.0226. The molecular formula is C35H49N5O13S5. The van der Waals surface area contributed by atoms with Gasteiger partial charge in [-0.3, -0.25) is 88.1 Å². The van der Waals surface area contributed by atoms with Gasteiger partial charge in [0.2, 0.25) is 59.1 Å². The van der Waals surface area contributed by atoms with E-state index < -0.39 is 35.4 Å². The monoisotopic (exact) mass is 907 g/mol. The van der Waals surface area contributed by atoms with Crippen molar-refractivity contribution in [3.05, 3.63) is 35.9 Å². The van der Waals surface area contributed by atoms with E-state index in [4.69, 9.17) is 0 Å². The molecule has 18 nitrogen and oxygen atoms in total. The minimum atomic E-state index is -0.441. The lowest BCUT2D eigenvalue weighted by Crippen LogP contribution is -2.36. The Morgan fingerprint density at radius 3 is 1.26 bits per heavy atom. The van der Waals surface area contributed by atoms with Crippen molar-refractivity contribution in [2.45, 2.75) is 61.8 Å². The van der Waals surface area contributed by atoms with Crippen LogP contribution in [0.2, 0.25) is 0 Å². The average molecular weight is 908 g/mol. The van der Waals surface area contributed by atoms with Crippen LogP contribution in [0.15, 0.2) is 30.3 Å². The van der Waals surface area contributed by atoms with Crippen LogP contribution in [0.4, 0.5) is 0 Å². The van der Waals surface area contributed by atoms with Crippen molar-refractivity contribution in [1.29, 1.82) is 0 Å². The van der Waals surface area contributed by atoms with Crippen molar-refractivity contribution in [2.75, 3.05) is 42.4 Å². The highest BCUT2D eigenvalue weighted by molar-refractivity contribution is 8.77. The molecule has 1 aromatic carbocycles. The molecule has 23 heteroatoms. The number of hydrogen-bond donors (Lipinski definition) is 3. The normalized spacial score (nSPS) is 9.47. The van der Waals surface area contributed by atoms with Crippen molar-refractivity contribution in [3.8, 4) is 0 Å². The van der Waals surface area contributed by atoms with Crippen molar-refractivity contribution in [1.82, 2.24) is 25.8 Å². The van der Waals surface area contributed by atoms with Crippen molar-refractivity contribution in [2.24, 2.45) is 0 Å². The van der Waals surface area contributed by atoms with Crippen LogP contribution in [-0.2, 0) is 68.7 Å². The molecule has 0 saturated heterocycles. The van der Waals surface area contributed by atoms with Crippen LogP contribution in [0.3, 0.4) is 0 Å². The molecule has 3 N–H and O–H groups in total. The van der Waals surface area contributed by atoms with E-state index in [0.717, 1.165) is 72.2 Å². The molecule has 0 fully saturated rings. The maximum absolute atomic E-state index is 11.5. The molecule has 1 aromatic rings. The quantitative estimate of drug-likeness (QED) is 0.177. The Hall–Kier alpha value is -4.32. The number of imide groups is 5. The second-order valence-electron chi connectivity index (χ2n) is 10.8. The fourth-order valence-corrected chi connectivity index (χ4v) is 6.40. The Morgan fingerprint density at radius 1 is 0.517 bits per heavy atom. The number of thioether (sulfide) groups is 3. The van der Waals surface area contributed by atoms with Crippen LogP contribution in [0.25, 0.3) is 0 Å². The van der Waals surface area contributed by atoms with Crippen LogP contribution in [-0.4, -0.2) is 127 Å². The highest BCUT2D eigenvalue weighted by atomic mass is 33.1. The topological polar surface area (TPSA) is 264 Å². The third-order valence-electron chi connectivity index (χ3n) is 5.61. The lowest BCUT2D eigenvalue weighted by molar-refractivity contribution is -0.142. The zero-order valence-electron chi connectivity index (χ0n) is 33.6. The van der Waals surface area contributed by atoms with Gasteiger partial charge in [0.25, 0.3) is 0 Å². The first-order valence-electron chi connectivity index (χ1n) is 16.6. The van der Waals surface area contributed by atoms with Crippen molar-refractivity contribution >= 4 is 131 Å². The maximum Gasteiger partial charge on any atom is 0.239 e. The highest BCUT2D eigenvalue weighted by Gasteiger charge is 2.16. The summed E-state index contributed by atoms with van der Waals surface area (Å²) < 4.78 is 0. The summed E-state index contributed by atoms with van der Waals surface area (Å²) in [6, 6.07) is 9.30. The number of nitrogens with one attached hydrogen (secondary N) is 3. The standard InChI is InChI=1S/C12H13NO3S.C8H12N2O4S2.C8H13NO3S.C7H11NO3S/c1-9(14)13-11(15)8-17-12(16)7-10-5-3-2-4-6-10;1-5(11)9-7(13)3-15-16-4-8(14)10-6(2)12;1-4-9(6(2)10)8(12)5-13-7(3)11;1-5(9)8(3)7(11)4-12-6(2)10/h2-6H,7-8H2,1H3,(H,13,14,15);3-4H2,1-2H3,(H,9,11,13)(H,10,12,14);4-5H2,1-3H3;4H2,1-3H3. The van der Waals surface area contributed by atoms with E-state index in [2.05, 4.69) is 16.0 Å². The van der Waals surface area contributed by atoms with Gasteiger partial charge in [-0.2, -0.15) is 0 Å². The molecule has 322 valence electrons. The molecule has 0 aliphatic rings. The zero-order chi connectivity index (χ0) is 45.4. The summed E-state index contributed by atoms with van der Waals surface area (Å²) in [7, 11) is 3.67. The molecule has 0 aliphatic heterocycles. The summed E-state index contributed by atoms with van der Waals surface area (Å²) in [6.45, 7) is 11.2. The van der Waals surface area contributed by atoms with Crippen LogP contribution in [0.1, 0.15) is 61.0 Å². The molecule has 0 radical (unpaired) electrons. The molecule has 0 saturated carbocycles. The first-order valence-corrected chi connectivity index (χ1v) is 22.1. The van der Waals surface area contributed by atoms with Crippen LogP contribution >= 0.6 is 56.9 Å². The molecule has 10 amide bonds. The summed E-state index contributed by atoms with van der Waals surface area (Å²) in [5, 5.41) is 5.97. The number of rotatable bonds is 14. The van der Waals surface area contributed by atoms with Gasteiger partial charge < -0.3 is 0 Å². The summed E-state index contributed by atoms with van der Waals surface area (Å²) >= 11 is 2.74. The Labute approximate surface area is 357 Å². The third-order valence-corrected chi connectivity index (χ3v) is 10.2. The lowest BCUT2D eigenvalue weighted by Gasteiger charge is -2.15. The second kappa shape index (κ2) is 34.7. The molecule has 0 heterocycles. The van der Waals surface area contributed by atoms with E-state index in [1.807, 2.05) is 30.3 Å². The summed E-state index contributed by atoms with van der Waals surface area (Å²) in [5.41, 5.74) is 0.914. The fraction of sp³-hybridized carbons (Fsp3) is 0.457. The predicted molar refractivity (Wildman–Crippen MR) is 227 cm³/mol. The van der Waals surface area contributed by atoms with E-state index in [1.165, 1.54) is 55.5 Å². The van der Waals surface area contributed by atoms with Gasteiger partial charge in [0, 0.05) is 68.5 Å². The molecule has 0 aromatic heterocycles. The molecular weight excluding hydrogens is 859 g/mol. The van der Waals surface area contributed by atoms with Gasteiger partial charge in [-0.15, -0.1) is 0 Å². The highest BCUT2D eigenvalue weighted by Crippen LogP contribution is 2.20. The molecule has 58 heavy (non-hydrogen) atoms. The Morgan fingerprint density at radius 2 is 0.914 bits per heavy atom. The number of nitrogens with zero attached hydrogens (tertiary/aromatic N) is 2. The molecule has 0 unspecified atom stereocenters. The minimum Gasteiger partial charge on any atom is -0.296 e. The van der Waals surface area contributed by atoms with E-state index >= 15 is 0 Å². The average Bonchev–Trinajstić information content (AvgIpc) is 3.10. The smallest absolute Gasteiger partial charge is 0.239 e. The number of carbonyl (C=O) groups is 13. The second-order valence-corrected chi connectivity index (χ2v) is 16.7. The molecule has 0 bridgehead atoms. The van der Waals surface area contributed by atoms with Crippen LogP contribution < -0.4 is 16.0 Å². The number of carbonyl (C=O) groups excluding carboxylic acids is 13. The van der Waals surface area contributed by atoms with Crippen molar-refractivity contribution in [3.63, 3.8) is 0 Å². The van der Waals surface area contributed by atoms with Crippen LogP contribution in [0, 0.1) is 0 Å². The van der Waals surface area contributed by atoms with E-state index in [0.29, 0.717) is 13.0 Å². The SMILES string of the molecule is CC(=O)NC(=O)CSC(=O)Cc1ccccc1.CC(=O)NC(=O)CSSCC(=O)NC(C)=O.CC(=O)SCC(=O)N(C)C(C)=O.CCN(C(C)=O)C(=O)CSC(C)=O. The summed E-state index contributed by atoms with van der Waals surface area (Å²) in [6.07, 6.45) is 0.291. The number of amides is 10. The fourth-order valence-electron chi connectivity index (χ4n) is 3.10. The van der Waals surface area contributed by atoms with Gasteiger partial charge >= 0.3 is 0 Å². The van der Waals surface area contributed by atoms with E-state index in [9.17, 15) is 62.3 Å². The van der Waals surface area contributed by atoms with E-state index in [-0.39, 0.29) is 67.7 Å². The molecule has 0 spiro atoms. The summed E-state index contributed by atoms with van der Waals surface area (Å²) in [4.78, 5) is 143. The van der Waals surface area contributed by atoms with Crippen LogP contribution in [0.5, 0.6) is 0 Å². The maximum atomic E-state index is 11.5. The largest absolute Gasteiger partial charge is 0.296 e. The first kappa shape index (κ1) is 58.0. The summed E-state index contributed by atoms with van der Waals surface area (Å²) in [5.74, 6) is -3.52. The molecule has 0 aliphatic carbocycles. The van der Waals surface area contributed by atoms with Gasteiger partial charge in [-0.05, 0) is 12.5 Å². The van der Waals surface area contributed by atoms with Gasteiger partial charge in [0.15, 0.2) is 15.3 Å². The van der Waals surface area contributed by atoms with Gasteiger partial charge in [0.05, 0.1) is 28.8 Å². The zero-order valence-corrected chi connectivity index (χ0v) is 37.7. The Kier molecular flexibility index (Phi) is 34.7. The lowest BCUT2D eigenvalue weighted by atomic mass is 10.2. The third kappa shape index (κ3) is 37.3. The number of benzene rings is 1. The van der Waals surface area contributed by atoms with Gasteiger partial charge in [-0.25, -0.2) is 0 Å². The van der Waals surface area contributed by atoms with Gasteiger partial charge in [-0.1, -0.05) is 87.2 Å². The Balaban J connectivity index is -0.000000703. The number of hydrogen-bond acceptors (Lipinski definition) is 18. The first-order chi connectivity index (χ1) is 26.9. The Bertz CT molecular complexity index is 1600. The van der Waals surface area contributed by atoms with Crippen molar-refractivity contribution < 1.29 is 62.3 Å². The van der Waals surface area contributed by atoms with Gasteiger partial charge in [0.1, 0.15) is 0 Å². The molecule has 1 rings (SSSR count). The van der Waals surface area contributed by atoms with E-state index in [1.54, 1.807) is 6.92 Å².